The van der Waals surface area contributed by atoms with Crippen LogP contribution in [0.15, 0.2) is 66.7 Å². The number of carbonyl (C=O) groups excluding carboxylic acids is 9. The van der Waals surface area contributed by atoms with E-state index in [0.717, 1.165) is 17.1 Å². The van der Waals surface area contributed by atoms with Gasteiger partial charge in [0.1, 0.15) is 66.9 Å². The molecule has 1 fully saturated rings. The number of aliphatic hydroxyl groups is 3. The summed E-state index contributed by atoms with van der Waals surface area (Å²) in [5.74, 6) is -11.1. The molecule has 73 heavy (non-hydrogen) atoms. The van der Waals surface area contributed by atoms with Gasteiger partial charge in [-0.05, 0) is 68.9 Å². The summed E-state index contributed by atoms with van der Waals surface area (Å²) in [6.45, 7) is 11.7. The Bertz CT molecular complexity index is 2330. The smallest absolute Gasteiger partial charge is 0.332 e. The monoisotopic (exact) mass is 1020 g/mol. The molecule has 9 N–H and O–H groups in total. The van der Waals surface area contributed by atoms with Gasteiger partial charge in [0.25, 0.3) is 0 Å². The first-order chi connectivity index (χ1) is 34.2. The zero-order chi connectivity index (χ0) is 54.5. The minimum atomic E-state index is -1.96. The number of ether oxygens (including phenoxy) is 3. The summed E-state index contributed by atoms with van der Waals surface area (Å²) in [5.41, 5.74) is -1.06. The molecule has 0 radical (unpaired) electrons. The summed E-state index contributed by atoms with van der Waals surface area (Å²) in [4.78, 5) is 128. The Hall–Kier alpha value is -6.91. The predicted octanol–water partition coefficient (Wildman–Crippen LogP) is -0.374. The van der Waals surface area contributed by atoms with Gasteiger partial charge in [-0.25, -0.2) is 4.79 Å². The number of aliphatic hydroxyl groups excluding tert-OH is 2. The van der Waals surface area contributed by atoms with Gasteiger partial charge in [-0.15, -0.1) is 0 Å². The van der Waals surface area contributed by atoms with Crippen LogP contribution in [0.1, 0.15) is 85.9 Å². The maximum Gasteiger partial charge on any atom is 0.332 e. The summed E-state index contributed by atoms with van der Waals surface area (Å²) in [7, 11) is 1.30. The van der Waals surface area contributed by atoms with Crippen molar-refractivity contribution in [2.75, 3.05) is 20.2 Å². The van der Waals surface area contributed by atoms with Gasteiger partial charge < -0.3 is 66.3 Å². The molecule has 0 spiro atoms. The lowest BCUT2D eigenvalue weighted by atomic mass is 9.93. The van der Waals surface area contributed by atoms with E-state index in [1.807, 2.05) is 0 Å². The molecule has 3 aliphatic heterocycles. The molecule has 3 heterocycles. The Morgan fingerprint density at radius 1 is 0.822 bits per heavy atom. The van der Waals surface area contributed by atoms with Gasteiger partial charge in [0, 0.05) is 19.5 Å². The zero-order valence-electron chi connectivity index (χ0n) is 42.9. The van der Waals surface area contributed by atoms with Crippen molar-refractivity contribution in [3.8, 4) is 5.75 Å². The first-order valence-electron chi connectivity index (χ1n) is 24.3. The summed E-state index contributed by atoms with van der Waals surface area (Å²) >= 11 is 0. The highest BCUT2D eigenvalue weighted by Gasteiger charge is 2.42. The molecule has 3 aliphatic rings. The van der Waals surface area contributed by atoms with Crippen LogP contribution in [0.25, 0.3) is 0 Å². The number of fused-ring (bicyclic) bond motifs is 11. The fourth-order valence-corrected chi connectivity index (χ4v) is 7.78. The quantitative estimate of drug-likeness (QED) is 0.145. The van der Waals surface area contributed by atoms with Crippen LogP contribution >= 0.6 is 0 Å². The number of benzene rings is 2. The van der Waals surface area contributed by atoms with Crippen LogP contribution in [0.3, 0.4) is 0 Å². The molecule has 0 aromatic heterocycles. The van der Waals surface area contributed by atoms with E-state index in [9.17, 15) is 53.7 Å². The number of nitrogens with zero attached hydrogens (tertiary/aromatic N) is 1. The van der Waals surface area contributed by atoms with Gasteiger partial charge in [0.2, 0.25) is 41.4 Å². The lowest BCUT2D eigenvalue weighted by Crippen LogP contribution is -2.61. The van der Waals surface area contributed by atoms with E-state index < -0.39 is 150 Å². The molecule has 13 atom stereocenters. The van der Waals surface area contributed by atoms with Crippen LogP contribution < -0.4 is 36.6 Å². The molecule has 4 bridgehead atoms. The normalized spacial score (nSPS) is 28.7. The van der Waals surface area contributed by atoms with E-state index in [4.69, 9.17) is 14.2 Å². The Labute approximate surface area is 424 Å². The van der Waals surface area contributed by atoms with E-state index in [2.05, 4.69) is 31.9 Å². The number of esters is 2. The second-order valence-electron chi connectivity index (χ2n) is 19.2. The minimum Gasteiger partial charge on any atom is -0.487 e. The van der Waals surface area contributed by atoms with Crippen LogP contribution in [-0.4, -0.2) is 154 Å². The molecule has 1 saturated heterocycles. The molecule has 2 aromatic carbocycles. The van der Waals surface area contributed by atoms with Gasteiger partial charge in [-0.2, -0.15) is 0 Å². The molecule has 22 heteroatoms. The highest BCUT2D eigenvalue weighted by molar-refractivity contribution is 5.98. The van der Waals surface area contributed by atoms with Crippen molar-refractivity contribution in [3.05, 3.63) is 77.9 Å². The van der Waals surface area contributed by atoms with Crippen molar-refractivity contribution in [2.24, 2.45) is 17.8 Å². The van der Waals surface area contributed by atoms with Crippen molar-refractivity contribution in [1.29, 1.82) is 0 Å². The first-order valence-corrected chi connectivity index (χ1v) is 24.3. The third-order valence-corrected chi connectivity index (χ3v) is 13.1. The maximum absolute atomic E-state index is 15.1. The number of amides is 7. The highest BCUT2D eigenvalue weighted by Crippen LogP contribution is 2.26. The van der Waals surface area contributed by atoms with Crippen molar-refractivity contribution >= 4 is 53.3 Å². The van der Waals surface area contributed by atoms with Gasteiger partial charge in [-0.3, -0.25) is 38.4 Å². The molecular formula is C51H71N7O15. The molecule has 0 unspecified atom stereocenters. The molecule has 0 saturated carbocycles. The number of likely N-dealkylation sites (N-methyl/N-ethyl adjacent to an activating group) is 1. The fraction of sp³-hybridized carbons (Fsp3) is 0.549. The topological polar surface area (TPSA) is 317 Å². The predicted molar refractivity (Wildman–Crippen MR) is 262 cm³/mol. The summed E-state index contributed by atoms with van der Waals surface area (Å²) in [6, 6.07) is 4.21. The lowest BCUT2D eigenvalue weighted by molar-refractivity contribution is -0.160. The Morgan fingerprint density at radius 2 is 1.44 bits per heavy atom. The SMILES string of the molecule is CC[C@H](C)[C@H]1NC(=O)[C@@H](NC(=O)[C@H](C)[C@H](O)C(C)C)[C@@H](C)OC(=O)[C@@H]2COC(=O)CNC(=O)/C=C/[C@@](C)(O)[C@@H](C)Oc3ccc(cc3)[C@H](NC1=O)C(=O)N(C)[C@@H](Cc1ccccc1)C(=O)N[C@H]([C@@H](C)O)C(=O)N2. The Morgan fingerprint density at radius 3 is 2.04 bits per heavy atom. The van der Waals surface area contributed by atoms with E-state index in [-0.39, 0.29) is 24.2 Å². The maximum atomic E-state index is 15.1. The second kappa shape index (κ2) is 26.2. The number of hydrogen-bond donors (Lipinski definition) is 9. The van der Waals surface area contributed by atoms with Crippen LogP contribution in [-0.2, 0) is 59.0 Å². The fourth-order valence-electron chi connectivity index (χ4n) is 7.78. The lowest BCUT2D eigenvalue weighted by Gasteiger charge is -2.34. The van der Waals surface area contributed by atoms with Gasteiger partial charge in [-0.1, -0.05) is 83.5 Å². The van der Waals surface area contributed by atoms with Gasteiger partial charge in [0.15, 0.2) is 6.04 Å². The molecule has 5 rings (SSSR count). The number of rotatable bonds is 9. The van der Waals surface area contributed by atoms with Gasteiger partial charge in [0.05, 0.1) is 18.1 Å². The Balaban J connectivity index is 2.02. The molecule has 0 aliphatic carbocycles. The zero-order valence-corrected chi connectivity index (χ0v) is 42.9. The van der Waals surface area contributed by atoms with Crippen molar-refractivity contribution in [2.45, 2.75) is 141 Å². The number of cyclic esters (lactones) is 1. The molecule has 7 amide bonds. The number of carbonyl (C=O) groups is 9. The molecule has 2 aromatic rings. The molecule has 22 nitrogen and oxygen atoms in total. The number of nitrogens with one attached hydrogen (secondary N) is 6. The van der Waals surface area contributed by atoms with Gasteiger partial charge >= 0.3 is 11.9 Å². The third kappa shape index (κ3) is 16.0. The Kier molecular flexibility index (Phi) is 21.0. The van der Waals surface area contributed by atoms with E-state index in [1.165, 1.54) is 65.9 Å². The summed E-state index contributed by atoms with van der Waals surface area (Å²) in [6.07, 6.45) is -3.31. The van der Waals surface area contributed by atoms with Crippen LogP contribution in [0.5, 0.6) is 5.75 Å². The van der Waals surface area contributed by atoms with Crippen molar-refractivity contribution in [1.82, 2.24) is 36.8 Å². The van der Waals surface area contributed by atoms with E-state index >= 15 is 4.79 Å². The highest BCUT2D eigenvalue weighted by atomic mass is 16.6. The number of hydrogen-bond acceptors (Lipinski definition) is 15. The molecular weight excluding hydrogens is 951 g/mol. The van der Waals surface area contributed by atoms with Crippen LogP contribution in [0.4, 0.5) is 0 Å². The largest absolute Gasteiger partial charge is 0.487 e. The standard InChI is InChI=1S/C51H71N7O15/c1-11-27(4)39-46(65)57-42-33-17-19-34(20-18-33)73-31(8)51(9,70)22-21-37(60)52-24-38(61)71-25-35(50(69)72-30(7)41(48(67)54-39)56-44(63)28(5)43(62)26(2)3)53-47(66)40(29(6)59)55-45(64)36(58(10)49(42)68)23-32-15-13-12-14-16-32/h12-22,26-31,35-36,39-43,59,62,70H,11,23-25H2,1-10H3,(H,52,60)(H,53,66)(H,54,67)(H,55,64)(H,56,63)(H,57,65)/b22-21+/t27-,28+,29+,30+,31+,35-,36-,39+,40+,41-,42-,43+,51+/m0/s1. The van der Waals surface area contributed by atoms with Crippen molar-refractivity contribution in [3.63, 3.8) is 0 Å². The van der Waals surface area contributed by atoms with E-state index in [1.54, 1.807) is 58.0 Å². The van der Waals surface area contributed by atoms with Crippen molar-refractivity contribution < 1.29 is 72.7 Å². The first kappa shape index (κ1) is 58.7. The third-order valence-electron chi connectivity index (χ3n) is 13.1. The molecule has 400 valence electrons. The average Bonchev–Trinajstić information content (AvgIpc) is 3.35. The van der Waals surface area contributed by atoms with Crippen LogP contribution in [0.2, 0.25) is 0 Å². The van der Waals surface area contributed by atoms with Crippen LogP contribution in [0, 0.1) is 17.8 Å². The summed E-state index contributed by atoms with van der Waals surface area (Å²) < 4.78 is 17.0. The van der Waals surface area contributed by atoms with E-state index in [0.29, 0.717) is 5.56 Å². The minimum absolute atomic E-state index is 0.158. The average molecular weight is 1020 g/mol. The summed E-state index contributed by atoms with van der Waals surface area (Å²) in [5, 5.41) is 48.1. The second-order valence-corrected chi connectivity index (χ2v) is 19.2.